The van der Waals surface area contributed by atoms with E-state index in [2.05, 4.69) is 15.5 Å². The summed E-state index contributed by atoms with van der Waals surface area (Å²) < 4.78 is 36.1. The minimum Gasteiger partial charge on any atom is -0.384 e. The number of carbonyl (C=O) groups is 3. The highest BCUT2D eigenvalue weighted by Crippen LogP contribution is 2.60. The molecule has 1 saturated heterocycles. The number of nitrogens with zero attached hydrogens (tertiary/aromatic N) is 2. The molecule has 2 heterocycles. The third-order valence-corrected chi connectivity index (χ3v) is 10.9. The molecule has 6 rings (SSSR count). The van der Waals surface area contributed by atoms with Gasteiger partial charge in [0.2, 0.25) is 11.8 Å². The summed E-state index contributed by atoms with van der Waals surface area (Å²) in [6.07, 6.45) is 3.05. The molecule has 1 aliphatic heterocycles. The fraction of sp³-hybridized carbons (Fsp3) is 0.444. The van der Waals surface area contributed by atoms with Gasteiger partial charge in [-0.3, -0.25) is 19.8 Å². The second-order valence-corrected chi connectivity index (χ2v) is 14.6. The maximum atomic E-state index is 15.0. The predicted molar refractivity (Wildman–Crippen MR) is 184 cm³/mol. The molecule has 3 aliphatic rings. The number of alkyl halides is 2. The summed E-state index contributed by atoms with van der Waals surface area (Å²) >= 11 is 1.39. The molecule has 49 heavy (non-hydrogen) atoms. The highest BCUT2D eigenvalue weighted by molar-refractivity contribution is 7.10. The molecule has 2 fully saturated rings. The molecule has 2 aliphatic carbocycles. The quantitative estimate of drug-likeness (QED) is 0.112. The number of unbranched alkanes of at least 4 members (excludes halogenated alkanes) is 1. The van der Waals surface area contributed by atoms with Crippen LogP contribution in [0.1, 0.15) is 70.6 Å². The SMILES string of the molecule is C[C@@H](NC(=O)[C@@H]1C[C@]2(COCCCCN(C)C)C[C@@H]2N1C(=O)CNC(=O)c1ccc2c(c1)-c1ccccc1C2(F)F)c1cc(C(=N)N)cs1. The monoisotopic (exact) mass is 692 g/mol. The molecule has 5 N–H and O–H groups in total. The molecular weight excluding hydrogens is 650 g/mol. The van der Waals surface area contributed by atoms with Crippen LogP contribution in [0.5, 0.6) is 0 Å². The van der Waals surface area contributed by atoms with E-state index in [-0.39, 0.29) is 58.0 Å². The Morgan fingerprint density at radius 3 is 2.57 bits per heavy atom. The Balaban J connectivity index is 1.13. The molecule has 0 unspecified atom stereocenters. The number of likely N-dealkylation sites (tertiary alicyclic amines) is 1. The van der Waals surface area contributed by atoms with Crippen molar-refractivity contribution in [2.45, 2.75) is 56.7 Å². The summed E-state index contributed by atoms with van der Waals surface area (Å²) in [5, 5.41) is 15.1. The summed E-state index contributed by atoms with van der Waals surface area (Å²) in [4.78, 5) is 45.3. The fourth-order valence-electron chi connectivity index (χ4n) is 7.10. The lowest BCUT2D eigenvalue weighted by Crippen LogP contribution is -2.51. The minimum absolute atomic E-state index is 0.0537. The first-order valence-electron chi connectivity index (χ1n) is 16.5. The number of rotatable bonds is 14. The number of benzene rings is 2. The van der Waals surface area contributed by atoms with E-state index in [4.69, 9.17) is 15.9 Å². The van der Waals surface area contributed by atoms with E-state index in [9.17, 15) is 14.4 Å². The van der Waals surface area contributed by atoms with Gasteiger partial charge in [0.15, 0.2) is 0 Å². The van der Waals surface area contributed by atoms with Crippen LogP contribution in [-0.4, -0.2) is 85.8 Å². The molecule has 13 heteroatoms. The summed E-state index contributed by atoms with van der Waals surface area (Å²) in [7, 11) is 4.06. The van der Waals surface area contributed by atoms with Crippen LogP contribution in [0, 0.1) is 10.8 Å². The van der Waals surface area contributed by atoms with Crippen molar-refractivity contribution in [2.24, 2.45) is 11.1 Å². The van der Waals surface area contributed by atoms with Crippen LogP contribution in [0.4, 0.5) is 8.78 Å². The first-order valence-corrected chi connectivity index (χ1v) is 17.4. The number of carbonyl (C=O) groups excluding carboxylic acids is 3. The number of thiophene rings is 1. The summed E-state index contributed by atoms with van der Waals surface area (Å²) in [6, 6.07) is 10.7. The van der Waals surface area contributed by atoms with E-state index in [0.717, 1.165) is 24.3 Å². The van der Waals surface area contributed by atoms with Crippen molar-refractivity contribution >= 4 is 34.9 Å². The third-order valence-electron chi connectivity index (χ3n) is 9.83. The molecule has 260 valence electrons. The average Bonchev–Trinajstić information content (AvgIpc) is 3.35. The molecule has 0 bridgehead atoms. The fourth-order valence-corrected chi connectivity index (χ4v) is 8.01. The normalized spacial score (nSPS) is 21.9. The standard InChI is InChI=1S/C36H42F2N6O4S/c1-21(29-15-23(19-49-29)32(39)40)42-34(47)28-16-35(20-48-13-7-6-12-43(2)3)17-30(35)44(28)31(45)18-41-33(46)22-10-11-27-25(14-22)24-8-4-5-9-26(24)36(27,37)38/h4-5,8-11,14-15,19,21,28,30H,6-7,12-13,16-18,20H2,1-3H3,(H3,39,40)(H,41,46)(H,42,47)/t21-,28+,30+,35-/m1/s1. The van der Waals surface area contributed by atoms with Gasteiger partial charge in [0.25, 0.3) is 11.8 Å². The summed E-state index contributed by atoms with van der Waals surface area (Å²) in [6.45, 7) is 3.48. The Kier molecular flexibility index (Phi) is 9.62. The van der Waals surface area contributed by atoms with Gasteiger partial charge in [0.1, 0.15) is 11.9 Å². The van der Waals surface area contributed by atoms with E-state index in [0.29, 0.717) is 37.2 Å². The van der Waals surface area contributed by atoms with E-state index in [1.165, 1.54) is 35.6 Å². The number of hydrogen-bond acceptors (Lipinski definition) is 7. The number of ether oxygens (including phenoxy) is 1. The number of halogens is 2. The lowest BCUT2D eigenvalue weighted by Gasteiger charge is -2.28. The second kappa shape index (κ2) is 13.6. The number of piperidine rings is 1. The van der Waals surface area contributed by atoms with Crippen molar-refractivity contribution < 1.29 is 27.9 Å². The highest BCUT2D eigenvalue weighted by atomic mass is 32.1. The molecule has 3 aromatic rings. The largest absolute Gasteiger partial charge is 0.384 e. The molecule has 10 nitrogen and oxygen atoms in total. The molecule has 3 amide bonds. The van der Waals surface area contributed by atoms with Gasteiger partial charge >= 0.3 is 0 Å². The van der Waals surface area contributed by atoms with Gasteiger partial charge in [-0.1, -0.05) is 30.3 Å². The Morgan fingerprint density at radius 1 is 1.08 bits per heavy atom. The van der Waals surface area contributed by atoms with Gasteiger partial charge < -0.3 is 30.9 Å². The van der Waals surface area contributed by atoms with Crippen LogP contribution in [0.3, 0.4) is 0 Å². The Morgan fingerprint density at radius 2 is 1.84 bits per heavy atom. The van der Waals surface area contributed by atoms with E-state index in [1.807, 2.05) is 21.0 Å². The Hall–Kier alpha value is -4.20. The van der Waals surface area contributed by atoms with Crippen LogP contribution >= 0.6 is 11.3 Å². The van der Waals surface area contributed by atoms with Gasteiger partial charge in [0.05, 0.1) is 19.2 Å². The van der Waals surface area contributed by atoms with Crippen LogP contribution < -0.4 is 16.4 Å². The van der Waals surface area contributed by atoms with Crippen molar-refractivity contribution in [1.82, 2.24) is 20.4 Å². The zero-order valence-corrected chi connectivity index (χ0v) is 28.7. The number of amidine groups is 1. The van der Waals surface area contributed by atoms with Crippen molar-refractivity contribution in [3.63, 3.8) is 0 Å². The first kappa shape index (κ1) is 34.7. The highest BCUT2D eigenvalue weighted by Gasteiger charge is 2.67. The van der Waals surface area contributed by atoms with Gasteiger partial charge in [-0.25, -0.2) is 0 Å². The Bertz CT molecular complexity index is 1780. The lowest BCUT2D eigenvalue weighted by molar-refractivity contribution is -0.139. The number of amides is 3. The van der Waals surface area contributed by atoms with Crippen LogP contribution in [0.25, 0.3) is 11.1 Å². The molecule has 1 aromatic heterocycles. The van der Waals surface area contributed by atoms with Crippen molar-refractivity contribution in [3.05, 3.63) is 81.0 Å². The molecule has 0 spiro atoms. The molecular formula is C36H42F2N6O4S. The molecule has 4 atom stereocenters. The van der Waals surface area contributed by atoms with Crippen molar-refractivity contribution in [1.29, 1.82) is 5.41 Å². The molecule has 2 aromatic carbocycles. The maximum absolute atomic E-state index is 15.0. The zero-order chi connectivity index (χ0) is 35.1. The summed E-state index contributed by atoms with van der Waals surface area (Å²) in [5.41, 5.74) is 6.42. The van der Waals surface area contributed by atoms with Crippen molar-refractivity contribution in [3.8, 4) is 11.1 Å². The van der Waals surface area contributed by atoms with Gasteiger partial charge in [0, 0.05) is 50.6 Å². The topological polar surface area (TPSA) is 141 Å². The number of fused-ring (bicyclic) bond motifs is 4. The molecule has 1 saturated carbocycles. The summed E-state index contributed by atoms with van der Waals surface area (Å²) in [5.74, 6) is -4.49. The van der Waals surface area contributed by atoms with Crippen LogP contribution in [0.15, 0.2) is 53.9 Å². The average molecular weight is 693 g/mol. The maximum Gasteiger partial charge on any atom is 0.299 e. The van der Waals surface area contributed by atoms with E-state index >= 15 is 8.78 Å². The number of hydrogen-bond donors (Lipinski definition) is 4. The molecule has 0 radical (unpaired) electrons. The third kappa shape index (κ3) is 6.84. The van der Waals surface area contributed by atoms with Crippen LogP contribution in [-0.2, 0) is 20.2 Å². The van der Waals surface area contributed by atoms with Gasteiger partial charge in [-0.2, -0.15) is 8.78 Å². The van der Waals surface area contributed by atoms with E-state index < -0.39 is 23.8 Å². The van der Waals surface area contributed by atoms with Gasteiger partial charge in [-0.05, 0) is 82.6 Å². The van der Waals surface area contributed by atoms with Crippen LogP contribution in [0.2, 0.25) is 0 Å². The minimum atomic E-state index is -3.16. The van der Waals surface area contributed by atoms with E-state index in [1.54, 1.807) is 34.5 Å². The van der Waals surface area contributed by atoms with Crippen molar-refractivity contribution in [2.75, 3.05) is 40.4 Å². The lowest BCUT2D eigenvalue weighted by atomic mass is 10.00. The number of nitrogens with one attached hydrogen (secondary N) is 3. The smallest absolute Gasteiger partial charge is 0.299 e. The van der Waals surface area contributed by atoms with Gasteiger partial charge in [-0.15, -0.1) is 11.3 Å². The zero-order valence-electron chi connectivity index (χ0n) is 27.9. The first-order chi connectivity index (χ1) is 23.3. The number of nitrogens with two attached hydrogens (primary N) is 1. The second-order valence-electron chi connectivity index (χ2n) is 13.6. The predicted octanol–water partition coefficient (Wildman–Crippen LogP) is 4.48. The Labute approximate surface area is 288 Å². The number of nitrogen functional groups attached to an aromatic ring is 1.